The lowest BCUT2D eigenvalue weighted by Crippen LogP contribution is -2.31. The van der Waals surface area contributed by atoms with Crippen LogP contribution in [-0.2, 0) is 0 Å². The van der Waals surface area contributed by atoms with Gasteiger partial charge < -0.3 is 5.73 Å². The van der Waals surface area contributed by atoms with Gasteiger partial charge in [-0.1, -0.05) is 19.1 Å². The lowest BCUT2D eigenvalue weighted by atomic mass is 9.80. The monoisotopic (exact) mass is 193 g/mol. The van der Waals surface area contributed by atoms with Crippen LogP contribution in [-0.4, -0.2) is 12.7 Å². The maximum absolute atomic E-state index is 12.3. The second-order valence-electron chi connectivity index (χ2n) is 3.65. The van der Waals surface area contributed by atoms with E-state index in [0.717, 1.165) is 0 Å². The molecule has 2 N–H and O–H groups in total. The van der Waals surface area contributed by atoms with Crippen molar-refractivity contribution in [1.82, 2.24) is 0 Å². The Bertz CT molecular complexity index is 198. The Balaban J connectivity index is 2.67. The van der Waals surface area contributed by atoms with E-state index in [4.69, 9.17) is 5.73 Å². The molecule has 0 aromatic heterocycles. The van der Waals surface area contributed by atoms with Crippen molar-refractivity contribution in [3.8, 4) is 0 Å². The van der Waals surface area contributed by atoms with Crippen molar-refractivity contribution in [3.63, 3.8) is 0 Å². The molecule has 0 amide bonds. The lowest BCUT2D eigenvalue weighted by Gasteiger charge is -2.29. The predicted octanol–water partition coefficient (Wildman–Crippen LogP) is 2.34. The standard InChI is InChI=1S/C9H14F3N/c1-6-4-8(9(10,11)12)3-2-7(6)5-13/h2-3,6-8H,4-5,13H2,1H3. The van der Waals surface area contributed by atoms with Gasteiger partial charge in [0.1, 0.15) is 0 Å². The molecule has 0 radical (unpaired) electrons. The van der Waals surface area contributed by atoms with Gasteiger partial charge >= 0.3 is 6.18 Å². The molecule has 0 spiro atoms. The summed E-state index contributed by atoms with van der Waals surface area (Å²) in [7, 11) is 0. The minimum Gasteiger partial charge on any atom is -0.330 e. The number of allylic oxidation sites excluding steroid dienone is 1. The SMILES string of the molecule is CC1CC(C(F)(F)F)C=CC1CN. The van der Waals surface area contributed by atoms with Crippen molar-refractivity contribution in [3.05, 3.63) is 12.2 Å². The molecular formula is C9H14F3N. The van der Waals surface area contributed by atoms with E-state index in [9.17, 15) is 13.2 Å². The van der Waals surface area contributed by atoms with Crippen LogP contribution in [0.3, 0.4) is 0 Å². The Morgan fingerprint density at radius 3 is 2.38 bits per heavy atom. The van der Waals surface area contributed by atoms with Crippen LogP contribution < -0.4 is 5.73 Å². The van der Waals surface area contributed by atoms with Crippen LogP contribution in [0.4, 0.5) is 13.2 Å². The highest BCUT2D eigenvalue weighted by atomic mass is 19.4. The van der Waals surface area contributed by atoms with E-state index in [1.54, 1.807) is 6.08 Å². The fraction of sp³-hybridized carbons (Fsp3) is 0.778. The van der Waals surface area contributed by atoms with E-state index in [2.05, 4.69) is 0 Å². The lowest BCUT2D eigenvalue weighted by molar-refractivity contribution is -0.167. The third-order valence-corrected chi connectivity index (χ3v) is 2.64. The number of nitrogens with two attached hydrogens (primary N) is 1. The maximum atomic E-state index is 12.3. The second kappa shape index (κ2) is 3.70. The normalized spacial score (nSPS) is 35.0. The van der Waals surface area contributed by atoms with Gasteiger partial charge in [-0.3, -0.25) is 0 Å². The third-order valence-electron chi connectivity index (χ3n) is 2.64. The van der Waals surface area contributed by atoms with Crippen LogP contribution in [0.15, 0.2) is 12.2 Å². The van der Waals surface area contributed by atoms with Crippen LogP contribution in [0.1, 0.15) is 13.3 Å². The molecule has 0 saturated heterocycles. The van der Waals surface area contributed by atoms with Crippen molar-refractivity contribution in [1.29, 1.82) is 0 Å². The summed E-state index contributed by atoms with van der Waals surface area (Å²) in [5.41, 5.74) is 5.42. The molecule has 0 saturated carbocycles. The molecule has 4 heteroatoms. The summed E-state index contributed by atoms with van der Waals surface area (Å²) in [6, 6.07) is 0. The molecule has 3 atom stereocenters. The molecule has 0 aliphatic heterocycles. The fourth-order valence-electron chi connectivity index (χ4n) is 1.67. The molecule has 1 aliphatic carbocycles. The number of hydrogen-bond acceptors (Lipinski definition) is 1. The van der Waals surface area contributed by atoms with Gasteiger partial charge in [0.25, 0.3) is 0 Å². The molecule has 3 unspecified atom stereocenters. The molecular weight excluding hydrogens is 179 g/mol. The highest BCUT2D eigenvalue weighted by Gasteiger charge is 2.40. The zero-order valence-corrected chi connectivity index (χ0v) is 7.51. The van der Waals surface area contributed by atoms with E-state index in [-0.39, 0.29) is 18.3 Å². The van der Waals surface area contributed by atoms with Crippen molar-refractivity contribution < 1.29 is 13.2 Å². The first-order chi connectivity index (χ1) is 5.95. The predicted molar refractivity (Wildman–Crippen MR) is 45.0 cm³/mol. The van der Waals surface area contributed by atoms with Gasteiger partial charge in [-0.2, -0.15) is 13.2 Å². The summed E-state index contributed by atoms with van der Waals surface area (Å²) >= 11 is 0. The Hall–Kier alpha value is -0.510. The number of alkyl halides is 3. The van der Waals surface area contributed by atoms with Crippen molar-refractivity contribution in [2.45, 2.75) is 19.5 Å². The highest BCUT2D eigenvalue weighted by Crippen LogP contribution is 2.37. The Morgan fingerprint density at radius 1 is 1.38 bits per heavy atom. The van der Waals surface area contributed by atoms with E-state index in [1.807, 2.05) is 6.92 Å². The van der Waals surface area contributed by atoms with Gasteiger partial charge in [0, 0.05) is 0 Å². The summed E-state index contributed by atoms with van der Waals surface area (Å²) in [4.78, 5) is 0. The molecule has 1 aliphatic rings. The summed E-state index contributed by atoms with van der Waals surface area (Å²) in [6.45, 7) is 2.25. The molecule has 1 nitrogen and oxygen atoms in total. The third kappa shape index (κ3) is 2.46. The second-order valence-corrected chi connectivity index (χ2v) is 3.65. The Morgan fingerprint density at radius 2 is 2.00 bits per heavy atom. The molecule has 13 heavy (non-hydrogen) atoms. The summed E-state index contributed by atoms with van der Waals surface area (Å²) in [6.07, 6.45) is -1.07. The van der Waals surface area contributed by atoms with E-state index in [0.29, 0.717) is 6.54 Å². The molecule has 0 bridgehead atoms. The largest absolute Gasteiger partial charge is 0.395 e. The topological polar surface area (TPSA) is 26.0 Å². The molecule has 0 fully saturated rings. The molecule has 0 aromatic rings. The van der Waals surface area contributed by atoms with Gasteiger partial charge in [0.15, 0.2) is 0 Å². The highest BCUT2D eigenvalue weighted by molar-refractivity contribution is 5.03. The Labute approximate surface area is 75.8 Å². The summed E-state index contributed by atoms with van der Waals surface area (Å²) in [5, 5.41) is 0. The Kier molecular flexibility index (Phi) is 3.01. The van der Waals surface area contributed by atoms with Gasteiger partial charge in [0.2, 0.25) is 0 Å². The maximum Gasteiger partial charge on any atom is 0.395 e. The molecule has 76 valence electrons. The molecule has 0 aromatic carbocycles. The zero-order valence-electron chi connectivity index (χ0n) is 7.51. The first-order valence-electron chi connectivity index (χ1n) is 4.40. The quantitative estimate of drug-likeness (QED) is 0.635. The summed E-state index contributed by atoms with van der Waals surface area (Å²) < 4.78 is 36.8. The number of rotatable bonds is 1. The zero-order chi connectivity index (χ0) is 10.1. The minimum absolute atomic E-state index is 0.0293. The fourth-order valence-corrected chi connectivity index (χ4v) is 1.67. The van der Waals surface area contributed by atoms with E-state index < -0.39 is 12.1 Å². The van der Waals surface area contributed by atoms with Crippen LogP contribution in [0.5, 0.6) is 0 Å². The van der Waals surface area contributed by atoms with Gasteiger partial charge in [0.05, 0.1) is 5.92 Å². The van der Waals surface area contributed by atoms with Crippen LogP contribution in [0.25, 0.3) is 0 Å². The van der Waals surface area contributed by atoms with Gasteiger partial charge in [-0.25, -0.2) is 0 Å². The average molecular weight is 193 g/mol. The van der Waals surface area contributed by atoms with Crippen molar-refractivity contribution >= 4 is 0 Å². The van der Waals surface area contributed by atoms with Crippen molar-refractivity contribution in [2.75, 3.05) is 6.54 Å². The van der Waals surface area contributed by atoms with E-state index in [1.165, 1.54) is 6.08 Å². The van der Waals surface area contributed by atoms with E-state index >= 15 is 0 Å². The average Bonchev–Trinajstić information content (AvgIpc) is 2.02. The van der Waals surface area contributed by atoms with Crippen molar-refractivity contribution in [2.24, 2.45) is 23.5 Å². The first-order valence-corrected chi connectivity index (χ1v) is 4.40. The van der Waals surface area contributed by atoms with Crippen LogP contribution >= 0.6 is 0 Å². The molecule has 0 heterocycles. The van der Waals surface area contributed by atoms with Crippen LogP contribution in [0, 0.1) is 17.8 Å². The summed E-state index contributed by atoms with van der Waals surface area (Å²) in [5.74, 6) is -1.13. The number of halogens is 3. The smallest absolute Gasteiger partial charge is 0.330 e. The first kappa shape index (κ1) is 10.6. The minimum atomic E-state index is -4.09. The number of hydrogen-bond donors (Lipinski definition) is 1. The van der Waals surface area contributed by atoms with Gasteiger partial charge in [-0.15, -0.1) is 0 Å². The molecule has 1 rings (SSSR count). The van der Waals surface area contributed by atoms with Crippen LogP contribution in [0.2, 0.25) is 0 Å². The van der Waals surface area contributed by atoms with Gasteiger partial charge in [-0.05, 0) is 24.8 Å².